The summed E-state index contributed by atoms with van der Waals surface area (Å²) < 4.78 is 1.72. The Labute approximate surface area is 164 Å². The zero-order valence-corrected chi connectivity index (χ0v) is 16.6. The summed E-state index contributed by atoms with van der Waals surface area (Å²) in [7, 11) is 1.62. The van der Waals surface area contributed by atoms with E-state index in [-0.39, 0.29) is 18.4 Å². The molecule has 0 fully saturated rings. The summed E-state index contributed by atoms with van der Waals surface area (Å²) in [6, 6.07) is 15.4. The Morgan fingerprint density at radius 3 is 2.46 bits per heavy atom. The molecule has 0 unspecified atom stereocenters. The minimum atomic E-state index is -0.240. The minimum absolute atomic E-state index is 0.0395. The van der Waals surface area contributed by atoms with Crippen LogP contribution in [0.5, 0.6) is 0 Å². The number of carbonyl (C=O) groups excluding carboxylic acids is 2. The van der Waals surface area contributed by atoms with E-state index < -0.39 is 0 Å². The van der Waals surface area contributed by atoms with Crippen LogP contribution in [0.4, 0.5) is 5.69 Å². The lowest BCUT2D eigenvalue weighted by Crippen LogP contribution is -2.35. The van der Waals surface area contributed by atoms with Crippen molar-refractivity contribution in [3.8, 4) is 5.69 Å². The second kappa shape index (κ2) is 8.08. The monoisotopic (exact) mass is 376 g/mol. The van der Waals surface area contributed by atoms with Gasteiger partial charge in [0.25, 0.3) is 5.91 Å². The number of aryl methyl sites for hydroxylation is 1. The molecule has 0 radical (unpaired) electrons. The Morgan fingerprint density at radius 1 is 1.04 bits per heavy atom. The quantitative estimate of drug-likeness (QED) is 0.741. The third-order valence-electron chi connectivity index (χ3n) is 4.85. The summed E-state index contributed by atoms with van der Waals surface area (Å²) in [6.07, 6.45) is 1.55. The van der Waals surface area contributed by atoms with Crippen LogP contribution in [0.15, 0.2) is 54.7 Å². The van der Waals surface area contributed by atoms with Crippen molar-refractivity contribution in [1.29, 1.82) is 0 Å². The highest BCUT2D eigenvalue weighted by Gasteiger charge is 2.20. The van der Waals surface area contributed by atoms with Crippen molar-refractivity contribution in [3.05, 3.63) is 77.1 Å². The third-order valence-corrected chi connectivity index (χ3v) is 4.85. The van der Waals surface area contributed by atoms with Crippen LogP contribution in [0.1, 0.15) is 27.2 Å². The third kappa shape index (κ3) is 3.96. The molecule has 6 nitrogen and oxygen atoms in total. The number of para-hydroxylation sites is 1. The average molecular weight is 376 g/mol. The summed E-state index contributed by atoms with van der Waals surface area (Å²) in [5, 5.41) is 7.21. The van der Waals surface area contributed by atoms with E-state index in [1.165, 1.54) is 4.90 Å². The van der Waals surface area contributed by atoms with E-state index in [9.17, 15) is 9.59 Å². The van der Waals surface area contributed by atoms with Gasteiger partial charge in [0.05, 0.1) is 29.7 Å². The Morgan fingerprint density at radius 2 is 1.75 bits per heavy atom. The first-order valence-electron chi connectivity index (χ1n) is 9.10. The topological polar surface area (TPSA) is 67.2 Å². The molecule has 0 saturated carbocycles. The van der Waals surface area contributed by atoms with Crippen LogP contribution >= 0.6 is 0 Å². The maximum atomic E-state index is 12.8. The first-order chi connectivity index (χ1) is 13.4. The van der Waals surface area contributed by atoms with E-state index in [1.807, 2.05) is 69.3 Å². The predicted molar refractivity (Wildman–Crippen MR) is 110 cm³/mol. The van der Waals surface area contributed by atoms with Gasteiger partial charge in [0, 0.05) is 12.7 Å². The number of benzene rings is 2. The van der Waals surface area contributed by atoms with Crippen LogP contribution in [0.2, 0.25) is 0 Å². The lowest BCUT2D eigenvalue weighted by molar-refractivity contribution is -0.116. The molecule has 2 amide bonds. The van der Waals surface area contributed by atoms with Crippen LogP contribution < -0.4 is 5.32 Å². The lowest BCUT2D eigenvalue weighted by atomic mass is 10.1. The molecule has 28 heavy (non-hydrogen) atoms. The molecular formula is C22H24N4O2. The number of nitrogens with one attached hydrogen (secondary N) is 1. The van der Waals surface area contributed by atoms with Crippen LogP contribution in [0.25, 0.3) is 5.69 Å². The molecular weight excluding hydrogens is 352 g/mol. The summed E-state index contributed by atoms with van der Waals surface area (Å²) in [4.78, 5) is 26.6. The van der Waals surface area contributed by atoms with Crippen molar-refractivity contribution in [2.45, 2.75) is 20.8 Å². The highest BCUT2D eigenvalue weighted by atomic mass is 16.2. The van der Waals surface area contributed by atoms with Crippen LogP contribution in [-0.4, -0.2) is 40.1 Å². The Hall–Kier alpha value is -3.41. The molecule has 0 aliphatic rings. The fraction of sp³-hybridized carbons (Fsp3) is 0.227. The molecule has 144 valence electrons. The fourth-order valence-corrected chi connectivity index (χ4v) is 3.02. The molecule has 6 heteroatoms. The molecule has 3 rings (SSSR count). The first kappa shape index (κ1) is 19.4. The molecule has 0 saturated heterocycles. The molecule has 0 spiro atoms. The SMILES string of the molecule is Cc1cccc(NC(=O)CN(C)C(=O)c2cnn(-c3ccccc3)c2C)c1C. The number of amides is 2. The molecule has 1 heterocycles. The number of anilines is 1. The van der Waals surface area contributed by atoms with Crippen molar-refractivity contribution >= 4 is 17.5 Å². The second-order valence-corrected chi connectivity index (χ2v) is 6.85. The highest BCUT2D eigenvalue weighted by Crippen LogP contribution is 2.18. The number of hydrogen-bond acceptors (Lipinski definition) is 3. The van der Waals surface area contributed by atoms with Crippen LogP contribution in [0, 0.1) is 20.8 Å². The van der Waals surface area contributed by atoms with Crippen molar-refractivity contribution < 1.29 is 9.59 Å². The number of hydrogen-bond donors (Lipinski definition) is 1. The van der Waals surface area contributed by atoms with Gasteiger partial charge in [0.1, 0.15) is 0 Å². The van der Waals surface area contributed by atoms with Gasteiger partial charge in [-0.1, -0.05) is 30.3 Å². The summed E-state index contributed by atoms with van der Waals surface area (Å²) >= 11 is 0. The van der Waals surface area contributed by atoms with E-state index in [0.29, 0.717) is 5.56 Å². The number of nitrogens with zero attached hydrogens (tertiary/aromatic N) is 3. The van der Waals surface area contributed by atoms with E-state index in [0.717, 1.165) is 28.2 Å². The normalized spacial score (nSPS) is 10.6. The predicted octanol–water partition coefficient (Wildman–Crippen LogP) is 3.51. The molecule has 0 atom stereocenters. The lowest BCUT2D eigenvalue weighted by Gasteiger charge is -2.17. The zero-order chi connectivity index (χ0) is 20.3. The fourth-order valence-electron chi connectivity index (χ4n) is 3.02. The number of carbonyl (C=O) groups is 2. The zero-order valence-electron chi connectivity index (χ0n) is 16.6. The average Bonchev–Trinajstić information content (AvgIpc) is 3.06. The van der Waals surface area contributed by atoms with Gasteiger partial charge in [-0.15, -0.1) is 0 Å². The Bertz CT molecular complexity index is 1010. The van der Waals surface area contributed by atoms with Crippen molar-refractivity contribution in [3.63, 3.8) is 0 Å². The van der Waals surface area contributed by atoms with Gasteiger partial charge in [-0.2, -0.15) is 5.10 Å². The maximum absolute atomic E-state index is 12.8. The van der Waals surface area contributed by atoms with Gasteiger partial charge in [-0.05, 0) is 50.1 Å². The minimum Gasteiger partial charge on any atom is -0.332 e. The van der Waals surface area contributed by atoms with E-state index in [2.05, 4.69) is 10.4 Å². The molecule has 0 bridgehead atoms. The van der Waals surface area contributed by atoms with Crippen LogP contribution in [-0.2, 0) is 4.79 Å². The van der Waals surface area contributed by atoms with Crippen LogP contribution in [0.3, 0.4) is 0 Å². The number of rotatable bonds is 5. The summed E-state index contributed by atoms with van der Waals surface area (Å²) in [5.41, 5.74) is 4.98. The summed E-state index contributed by atoms with van der Waals surface area (Å²) in [5.74, 6) is -0.478. The molecule has 1 N–H and O–H groups in total. The van der Waals surface area contributed by atoms with E-state index >= 15 is 0 Å². The standard InChI is InChI=1S/C22H24N4O2/c1-15-9-8-12-20(16(15)2)24-21(27)14-25(4)22(28)19-13-23-26(17(19)3)18-10-6-5-7-11-18/h5-13H,14H2,1-4H3,(H,24,27). The largest absolute Gasteiger partial charge is 0.332 e. The number of likely N-dealkylation sites (N-methyl/N-ethyl adjacent to an activating group) is 1. The smallest absolute Gasteiger partial charge is 0.257 e. The Balaban J connectivity index is 1.70. The number of aromatic nitrogens is 2. The molecule has 3 aromatic rings. The van der Waals surface area contributed by atoms with E-state index in [1.54, 1.807) is 17.9 Å². The van der Waals surface area contributed by atoms with Crippen molar-refractivity contribution in [2.75, 3.05) is 18.9 Å². The molecule has 2 aromatic carbocycles. The van der Waals surface area contributed by atoms with Gasteiger partial charge in [-0.25, -0.2) is 4.68 Å². The highest BCUT2D eigenvalue weighted by molar-refractivity contribution is 6.00. The van der Waals surface area contributed by atoms with E-state index in [4.69, 9.17) is 0 Å². The van der Waals surface area contributed by atoms with Gasteiger partial charge < -0.3 is 10.2 Å². The molecule has 1 aromatic heterocycles. The summed E-state index contributed by atoms with van der Waals surface area (Å²) in [6.45, 7) is 5.76. The van der Waals surface area contributed by atoms with Crippen molar-refractivity contribution in [1.82, 2.24) is 14.7 Å². The first-order valence-corrected chi connectivity index (χ1v) is 9.10. The molecule has 0 aliphatic heterocycles. The van der Waals surface area contributed by atoms with Crippen molar-refractivity contribution in [2.24, 2.45) is 0 Å². The van der Waals surface area contributed by atoms with Gasteiger partial charge in [0.15, 0.2) is 0 Å². The Kier molecular flexibility index (Phi) is 5.59. The molecule has 0 aliphatic carbocycles. The second-order valence-electron chi connectivity index (χ2n) is 6.85. The van der Waals surface area contributed by atoms with Gasteiger partial charge >= 0.3 is 0 Å². The maximum Gasteiger partial charge on any atom is 0.257 e. The van der Waals surface area contributed by atoms with Gasteiger partial charge in [-0.3, -0.25) is 9.59 Å². The van der Waals surface area contributed by atoms with Gasteiger partial charge in [0.2, 0.25) is 5.91 Å².